The molecule has 0 heterocycles. The second-order valence-electron chi connectivity index (χ2n) is 0.577. The number of halogens is 1. The second kappa shape index (κ2) is 30.2. The summed E-state index contributed by atoms with van der Waals surface area (Å²) in [5, 5.41) is 50.5. The zero-order valence-electron chi connectivity index (χ0n) is 6.13. The molecule has 0 saturated carbocycles. The van der Waals surface area contributed by atoms with Gasteiger partial charge in [-0.15, -0.1) is 0 Å². The molecule has 0 spiro atoms. The van der Waals surface area contributed by atoms with E-state index in [-0.39, 0.29) is 35.1 Å². The van der Waals surface area contributed by atoms with E-state index in [0.717, 1.165) is 0 Å². The van der Waals surface area contributed by atoms with E-state index >= 15 is 0 Å². The van der Waals surface area contributed by atoms with Crippen LogP contribution >= 0.6 is 0 Å². The summed E-state index contributed by atoms with van der Waals surface area (Å²) in [5.41, 5.74) is 0. The molecular formula is HB2Be3FO6. The molecule has 0 radical (unpaired) electrons. The molecule has 0 bridgehead atoms. The Morgan fingerprint density at radius 3 is 0.500 bits per heavy atom. The summed E-state index contributed by atoms with van der Waals surface area (Å²) >= 11 is 0. The maximum Gasteiger partial charge on any atom is 2.00 e. The van der Waals surface area contributed by atoms with Crippen LogP contribution in [-0.4, -0.2) is 45.0 Å². The van der Waals surface area contributed by atoms with E-state index in [1.54, 1.807) is 0 Å². The number of rotatable bonds is 0. The Kier molecular flexibility index (Phi) is 99.4. The molecule has 0 aromatic heterocycles. The van der Waals surface area contributed by atoms with Crippen molar-refractivity contribution in [2.24, 2.45) is 0 Å². The first kappa shape index (κ1) is 39.5. The van der Waals surface area contributed by atoms with Gasteiger partial charge in [0.1, 0.15) is 0 Å². The van der Waals surface area contributed by atoms with Crippen LogP contribution in [0.1, 0.15) is 0 Å². The van der Waals surface area contributed by atoms with Gasteiger partial charge in [0.2, 0.25) is 0 Å². The van der Waals surface area contributed by atoms with E-state index in [4.69, 9.17) is 30.1 Å². The molecule has 56 valence electrons. The SMILES string of the molecule is F.[Be+2].[Be+2].[Be+2].[O-]B([O-])[O-].[O-]B([O-])[O-]. The van der Waals surface area contributed by atoms with Crippen LogP contribution in [0.15, 0.2) is 0 Å². The van der Waals surface area contributed by atoms with Gasteiger partial charge in [-0.05, 0) is 0 Å². The molecule has 0 N–H and O–H groups in total. The van der Waals surface area contributed by atoms with Crippen LogP contribution in [0.4, 0.5) is 4.70 Å². The first-order valence-corrected chi connectivity index (χ1v) is 1.41. The summed E-state index contributed by atoms with van der Waals surface area (Å²) in [4.78, 5) is 0. The maximum atomic E-state index is 8.42. The standard InChI is InChI=1S/2BO3.3Be.FH/c2*2-1(3)4;;;;/h;;;;;1H/q2*-3;3*+2;. The van der Waals surface area contributed by atoms with Gasteiger partial charge in [-0.1, -0.05) is 0 Å². The second-order valence-corrected chi connectivity index (χ2v) is 0.577. The average Bonchev–Trinajstić information content (AvgIpc) is 1.25. The van der Waals surface area contributed by atoms with Gasteiger partial charge in [0.25, 0.3) is 0 Å². The minimum absolute atomic E-state index is 0. The molecule has 0 saturated heterocycles. The van der Waals surface area contributed by atoms with Crippen LogP contribution < -0.4 is 30.1 Å². The van der Waals surface area contributed by atoms with Crippen molar-refractivity contribution < 1.29 is 34.8 Å². The summed E-state index contributed by atoms with van der Waals surface area (Å²) < 4.78 is 0. The predicted octanol–water partition coefficient (Wildman–Crippen LogP) is -8.89. The van der Waals surface area contributed by atoms with Gasteiger partial charge in [-0.25, -0.2) is 0 Å². The first-order chi connectivity index (χ1) is 3.46. The van der Waals surface area contributed by atoms with Crippen molar-refractivity contribution in [3.05, 3.63) is 0 Å². The molecule has 0 amide bonds. The minimum atomic E-state index is -2.92. The fourth-order valence-electron chi connectivity index (χ4n) is 0. The largest absolute Gasteiger partial charge is 2.00 e. The zero-order valence-corrected chi connectivity index (χ0v) is 6.13. The van der Waals surface area contributed by atoms with Gasteiger partial charge in [-0.2, -0.15) is 0 Å². The van der Waals surface area contributed by atoms with Gasteiger partial charge in [0.15, 0.2) is 0 Å². The van der Waals surface area contributed by atoms with Crippen LogP contribution in [0.25, 0.3) is 0 Å². The van der Waals surface area contributed by atoms with Crippen LogP contribution in [0, 0.1) is 0 Å². The topological polar surface area (TPSA) is 138 Å². The zero-order chi connectivity index (χ0) is 7.15. The van der Waals surface area contributed by atoms with Crippen molar-refractivity contribution in [3.63, 3.8) is 0 Å². The Labute approximate surface area is 80.6 Å². The third-order valence-corrected chi connectivity index (χ3v) is 0. The van der Waals surface area contributed by atoms with Gasteiger partial charge in [0, 0.05) is 0 Å². The summed E-state index contributed by atoms with van der Waals surface area (Å²) in [6.07, 6.45) is 0. The molecule has 0 aliphatic heterocycles. The quantitative estimate of drug-likeness (QED) is 0.326. The molecule has 0 fully saturated rings. The summed E-state index contributed by atoms with van der Waals surface area (Å²) in [5.74, 6) is 0. The van der Waals surface area contributed by atoms with Crippen LogP contribution in [0.3, 0.4) is 0 Å². The first-order valence-electron chi connectivity index (χ1n) is 1.41. The summed E-state index contributed by atoms with van der Waals surface area (Å²) in [7, 11) is -5.83. The molecule has 0 aliphatic carbocycles. The van der Waals surface area contributed by atoms with Crippen LogP contribution in [0.2, 0.25) is 0 Å². The predicted molar refractivity (Wildman–Crippen MR) is 31.3 cm³/mol. The van der Waals surface area contributed by atoms with E-state index in [1.165, 1.54) is 0 Å². The molecule has 0 unspecified atom stereocenters. The molecular weight excluding hydrogens is 164 g/mol. The molecule has 0 aromatic carbocycles. The molecule has 12 heavy (non-hydrogen) atoms. The van der Waals surface area contributed by atoms with E-state index in [0.29, 0.717) is 0 Å². The fourth-order valence-corrected chi connectivity index (χ4v) is 0. The molecule has 6 nitrogen and oxygen atoms in total. The van der Waals surface area contributed by atoms with Crippen molar-refractivity contribution in [2.45, 2.75) is 0 Å². The molecule has 0 aliphatic rings. The Bertz CT molecular complexity index is 36.3. The number of hydrogen-bond donors (Lipinski definition) is 0. The van der Waals surface area contributed by atoms with Crippen molar-refractivity contribution in [2.75, 3.05) is 0 Å². The van der Waals surface area contributed by atoms with Gasteiger partial charge in [0.05, 0.1) is 0 Å². The van der Waals surface area contributed by atoms with Crippen molar-refractivity contribution in [1.82, 2.24) is 0 Å². The normalized spacial score (nSPS) is 4.50. The molecule has 0 atom stereocenters. The van der Waals surface area contributed by atoms with E-state index < -0.39 is 14.6 Å². The molecule has 0 aromatic rings. The fraction of sp³-hybridized carbons (Fsp3) is 0. The van der Waals surface area contributed by atoms with Crippen molar-refractivity contribution in [1.29, 1.82) is 0 Å². The number of hydrogen-bond acceptors (Lipinski definition) is 6. The average molecular weight is 165 g/mol. The maximum absolute atomic E-state index is 8.42. The van der Waals surface area contributed by atoms with Gasteiger partial charge >= 0.3 is 30.4 Å². The Morgan fingerprint density at radius 2 is 0.500 bits per heavy atom. The molecule has 12 heteroatoms. The van der Waals surface area contributed by atoms with Gasteiger partial charge in [-0.3, -0.25) is 19.3 Å². The smallest absolute Gasteiger partial charge is 0.907 e. The van der Waals surface area contributed by atoms with Crippen LogP contribution in [0.5, 0.6) is 0 Å². The molecule has 0 rings (SSSR count). The monoisotopic (exact) mass is 165 g/mol. The van der Waals surface area contributed by atoms with Crippen molar-refractivity contribution >= 4 is 45.0 Å². The third-order valence-electron chi connectivity index (χ3n) is 0. The Balaban J connectivity index is -0.0000000112. The van der Waals surface area contributed by atoms with E-state index in [2.05, 4.69) is 0 Å². The van der Waals surface area contributed by atoms with Crippen molar-refractivity contribution in [3.8, 4) is 0 Å². The Hall–Kier alpha value is 0.326. The third kappa shape index (κ3) is 8430. The van der Waals surface area contributed by atoms with Gasteiger partial charge < -0.3 is 30.1 Å². The Morgan fingerprint density at radius 1 is 0.500 bits per heavy atom. The summed E-state index contributed by atoms with van der Waals surface area (Å²) in [6, 6.07) is 0. The summed E-state index contributed by atoms with van der Waals surface area (Å²) in [6.45, 7) is 0. The van der Waals surface area contributed by atoms with Crippen LogP contribution in [-0.2, 0) is 0 Å². The minimum Gasteiger partial charge on any atom is -0.907 e. The van der Waals surface area contributed by atoms with E-state index in [9.17, 15) is 0 Å². The van der Waals surface area contributed by atoms with E-state index in [1.807, 2.05) is 0 Å².